The van der Waals surface area contributed by atoms with E-state index in [0.717, 1.165) is 18.8 Å². The molecule has 1 aliphatic heterocycles. The van der Waals surface area contributed by atoms with Crippen LogP contribution in [0.4, 0.5) is 5.82 Å². The van der Waals surface area contributed by atoms with Crippen molar-refractivity contribution in [3.05, 3.63) is 42.4 Å². The number of nitrogens with zero attached hydrogens (tertiary/aromatic N) is 5. The van der Waals surface area contributed by atoms with Crippen molar-refractivity contribution in [3.8, 4) is 6.01 Å². The molecule has 0 spiro atoms. The smallest absolute Gasteiger partial charge is 0.318 e. The summed E-state index contributed by atoms with van der Waals surface area (Å²) in [4.78, 5) is 12.7. The maximum absolute atomic E-state index is 6.11. The molecule has 0 aliphatic carbocycles. The maximum atomic E-state index is 6.11. The van der Waals surface area contributed by atoms with Gasteiger partial charge in [0, 0.05) is 43.7 Å². The Kier molecular flexibility index (Phi) is 5.30. The Balaban J connectivity index is 1.56. The number of rotatable bonds is 6. The molecule has 0 radical (unpaired) electrons. The lowest BCUT2D eigenvalue weighted by Crippen LogP contribution is -2.53. The Morgan fingerprint density at radius 1 is 1.17 bits per heavy atom. The number of hydrazine groups is 2. The molecule has 0 amide bonds. The number of aromatic nitrogens is 3. The van der Waals surface area contributed by atoms with E-state index in [4.69, 9.17) is 15.3 Å². The SMILES string of the molecule is NN(c1ccnc(OCCc2ccccn2)n1)N1CCOCC1. The normalized spacial score (nSPS) is 15.3. The lowest BCUT2D eigenvalue weighted by molar-refractivity contribution is 0.0311. The molecule has 0 aromatic carbocycles. The van der Waals surface area contributed by atoms with Gasteiger partial charge in [-0.05, 0) is 12.1 Å². The topological polar surface area (TPSA) is 89.6 Å². The first kappa shape index (κ1) is 15.6. The molecule has 0 unspecified atom stereocenters. The summed E-state index contributed by atoms with van der Waals surface area (Å²) in [7, 11) is 0. The van der Waals surface area contributed by atoms with E-state index in [1.54, 1.807) is 18.5 Å². The average Bonchev–Trinajstić information content (AvgIpc) is 2.63. The van der Waals surface area contributed by atoms with Crippen LogP contribution in [0, 0.1) is 0 Å². The summed E-state index contributed by atoms with van der Waals surface area (Å²) in [5, 5.41) is 3.50. The van der Waals surface area contributed by atoms with Crippen LogP contribution in [0.15, 0.2) is 36.7 Å². The minimum Gasteiger partial charge on any atom is -0.463 e. The van der Waals surface area contributed by atoms with Crippen molar-refractivity contribution < 1.29 is 9.47 Å². The minimum absolute atomic E-state index is 0.308. The predicted molar refractivity (Wildman–Crippen MR) is 84.5 cm³/mol. The van der Waals surface area contributed by atoms with Gasteiger partial charge >= 0.3 is 6.01 Å². The second-order valence-corrected chi connectivity index (χ2v) is 5.03. The number of ether oxygens (including phenoxy) is 2. The Morgan fingerprint density at radius 3 is 2.83 bits per heavy atom. The van der Waals surface area contributed by atoms with Crippen LogP contribution in [0.5, 0.6) is 6.01 Å². The summed E-state index contributed by atoms with van der Waals surface area (Å²) in [5.41, 5.74) is 0.970. The van der Waals surface area contributed by atoms with Crippen molar-refractivity contribution in [1.29, 1.82) is 0 Å². The minimum atomic E-state index is 0.308. The summed E-state index contributed by atoms with van der Waals surface area (Å²) >= 11 is 0. The third-order valence-electron chi connectivity index (χ3n) is 3.46. The third kappa shape index (κ3) is 4.35. The molecule has 0 saturated carbocycles. The quantitative estimate of drug-likeness (QED) is 0.606. The van der Waals surface area contributed by atoms with E-state index in [9.17, 15) is 0 Å². The number of pyridine rings is 1. The Morgan fingerprint density at radius 2 is 2.04 bits per heavy atom. The summed E-state index contributed by atoms with van der Waals surface area (Å²) in [6, 6.07) is 7.86. The monoisotopic (exact) mass is 316 g/mol. The van der Waals surface area contributed by atoms with Gasteiger partial charge in [-0.2, -0.15) is 4.98 Å². The highest BCUT2D eigenvalue weighted by Crippen LogP contribution is 2.13. The fourth-order valence-corrected chi connectivity index (χ4v) is 2.24. The Hall–Kier alpha value is -2.29. The third-order valence-corrected chi connectivity index (χ3v) is 3.46. The van der Waals surface area contributed by atoms with Crippen LogP contribution < -0.4 is 15.7 Å². The largest absolute Gasteiger partial charge is 0.463 e. The number of anilines is 1. The molecule has 8 heteroatoms. The molecule has 0 bridgehead atoms. The van der Waals surface area contributed by atoms with Crippen LogP contribution in [0.3, 0.4) is 0 Å². The summed E-state index contributed by atoms with van der Waals surface area (Å²) < 4.78 is 10.9. The summed E-state index contributed by atoms with van der Waals surface area (Å²) in [6.45, 7) is 3.24. The molecule has 2 aromatic heterocycles. The number of nitrogens with two attached hydrogens (primary N) is 1. The molecule has 1 saturated heterocycles. The lowest BCUT2D eigenvalue weighted by atomic mass is 10.3. The zero-order valence-corrected chi connectivity index (χ0v) is 12.8. The van der Waals surface area contributed by atoms with Gasteiger partial charge in [-0.25, -0.2) is 21.0 Å². The van der Waals surface area contributed by atoms with Gasteiger partial charge < -0.3 is 9.47 Å². The van der Waals surface area contributed by atoms with Gasteiger partial charge in [-0.1, -0.05) is 6.07 Å². The molecule has 2 N–H and O–H groups in total. The first-order chi connectivity index (χ1) is 11.3. The number of morpholine rings is 1. The van der Waals surface area contributed by atoms with Gasteiger partial charge in [-0.3, -0.25) is 4.98 Å². The molecular weight excluding hydrogens is 296 g/mol. The van der Waals surface area contributed by atoms with Crippen molar-refractivity contribution in [3.63, 3.8) is 0 Å². The highest BCUT2D eigenvalue weighted by molar-refractivity contribution is 5.34. The van der Waals surface area contributed by atoms with Crippen LogP contribution in [-0.4, -0.2) is 52.9 Å². The average molecular weight is 316 g/mol. The van der Waals surface area contributed by atoms with E-state index in [1.807, 2.05) is 23.2 Å². The van der Waals surface area contributed by atoms with Gasteiger partial charge in [0.2, 0.25) is 0 Å². The van der Waals surface area contributed by atoms with Crippen LogP contribution in [0.25, 0.3) is 0 Å². The standard InChI is InChI=1S/C15H20N6O2/c16-21(20-8-11-22-12-9-20)14-4-7-18-15(19-14)23-10-5-13-3-1-2-6-17-13/h1-4,6-7H,5,8-12,16H2. The van der Waals surface area contributed by atoms with E-state index in [1.165, 1.54) is 5.12 Å². The van der Waals surface area contributed by atoms with Crippen LogP contribution >= 0.6 is 0 Å². The zero-order valence-electron chi connectivity index (χ0n) is 12.8. The summed E-state index contributed by atoms with van der Waals surface area (Å²) in [6.07, 6.45) is 4.10. The first-order valence-corrected chi connectivity index (χ1v) is 7.56. The molecule has 0 atom stereocenters. The molecule has 23 heavy (non-hydrogen) atoms. The van der Waals surface area contributed by atoms with E-state index < -0.39 is 0 Å². The van der Waals surface area contributed by atoms with Crippen LogP contribution in [-0.2, 0) is 11.2 Å². The van der Waals surface area contributed by atoms with Crippen molar-refractivity contribution in [1.82, 2.24) is 20.0 Å². The van der Waals surface area contributed by atoms with Gasteiger partial charge in [-0.15, -0.1) is 0 Å². The number of hydrogen-bond acceptors (Lipinski definition) is 8. The van der Waals surface area contributed by atoms with Crippen molar-refractivity contribution in [2.75, 3.05) is 38.0 Å². The van der Waals surface area contributed by atoms with Crippen LogP contribution in [0.1, 0.15) is 5.69 Å². The molecule has 122 valence electrons. The molecule has 3 rings (SSSR count). The van der Waals surface area contributed by atoms with E-state index in [-0.39, 0.29) is 0 Å². The van der Waals surface area contributed by atoms with Gasteiger partial charge in [0.15, 0.2) is 5.82 Å². The highest BCUT2D eigenvalue weighted by Gasteiger charge is 2.17. The van der Waals surface area contributed by atoms with Gasteiger partial charge in [0.1, 0.15) is 0 Å². The van der Waals surface area contributed by atoms with Gasteiger partial charge in [0.25, 0.3) is 0 Å². The molecule has 2 aromatic rings. The molecule has 3 heterocycles. The molecule has 1 aliphatic rings. The van der Waals surface area contributed by atoms with E-state index >= 15 is 0 Å². The fraction of sp³-hybridized carbons (Fsp3) is 0.400. The Labute approximate surface area is 134 Å². The van der Waals surface area contributed by atoms with E-state index in [0.29, 0.717) is 38.1 Å². The fourth-order valence-electron chi connectivity index (χ4n) is 2.24. The number of hydrogen-bond donors (Lipinski definition) is 1. The zero-order chi connectivity index (χ0) is 15.9. The lowest BCUT2D eigenvalue weighted by Gasteiger charge is -2.34. The van der Waals surface area contributed by atoms with Crippen molar-refractivity contribution >= 4 is 5.82 Å². The second-order valence-electron chi connectivity index (χ2n) is 5.03. The predicted octanol–water partition coefficient (Wildman–Crippen LogP) is 0.420. The van der Waals surface area contributed by atoms with Gasteiger partial charge in [0.05, 0.1) is 19.8 Å². The molecule has 8 nitrogen and oxygen atoms in total. The highest BCUT2D eigenvalue weighted by atomic mass is 16.5. The molecule has 1 fully saturated rings. The second kappa shape index (κ2) is 7.82. The molecular formula is C15H20N6O2. The Bertz CT molecular complexity index is 606. The maximum Gasteiger partial charge on any atom is 0.318 e. The van der Waals surface area contributed by atoms with Crippen molar-refractivity contribution in [2.24, 2.45) is 5.84 Å². The van der Waals surface area contributed by atoms with Crippen LogP contribution in [0.2, 0.25) is 0 Å². The summed E-state index contributed by atoms with van der Waals surface area (Å²) in [5.74, 6) is 6.70. The first-order valence-electron chi connectivity index (χ1n) is 7.56. The van der Waals surface area contributed by atoms with Crippen molar-refractivity contribution in [2.45, 2.75) is 6.42 Å². The van der Waals surface area contributed by atoms with E-state index in [2.05, 4.69) is 15.0 Å².